The predicted molar refractivity (Wildman–Crippen MR) is 147 cm³/mol. The number of hydrogen-bond donors (Lipinski definition) is 1. The molecule has 0 spiro atoms. The second-order valence-electron chi connectivity index (χ2n) is 12.0. The Balaban J connectivity index is 1.37. The Hall–Kier alpha value is -2.04. The van der Waals surface area contributed by atoms with Crippen molar-refractivity contribution in [3.05, 3.63) is 57.2 Å². The number of nitrogens with one attached hydrogen (secondary N) is 1. The summed E-state index contributed by atoms with van der Waals surface area (Å²) < 4.78 is 1.91. The first-order valence-corrected chi connectivity index (χ1v) is 14.3. The molecule has 1 heterocycles. The molecule has 7 rings (SSSR count). The van der Waals surface area contributed by atoms with E-state index in [0.717, 1.165) is 60.7 Å². The fourth-order valence-electron chi connectivity index (χ4n) is 7.26. The van der Waals surface area contributed by atoms with Crippen LogP contribution in [0.1, 0.15) is 74.5 Å². The van der Waals surface area contributed by atoms with Crippen LogP contribution in [-0.2, 0) is 12.8 Å². The van der Waals surface area contributed by atoms with Crippen molar-refractivity contribution in [1.82, 2.24) is 15.1 Å². The van der Waals surface area contributed by atoms with E-state index in [9.17, 15) is 4.79 Å². The third-order valence-corrected chi connectivity index (χ3v) is 10.1. The van der Waals surface area contributed by atoms with Gasteiger partial charge < -0.3 is 5.32 Å². The first kappa shape index (κ1) is 24.3. The van der Waals surface area contributed by atoms with Crippen molar-refractivity contribution < 1.29 is 4.79 Å². The molecule has 1 aromatic heterocycles. The largest absolute Gasteiger partial charge is 0.350 e. The lowest BCUT2D eigenvalue weighted by Crippen LogP contribution is -2.54. The summed E-state index contributed by atoms with van der Waals surface area (Å²) in [5.74, 6) is 2.43. The zero-order chi connectivity index (χ0) is 25.2. The highest BCUT2D eigenvalue weighted by atomic mass is 35.5. The fourth-order valence-corrected chi connectivity index (χ4v) is 7.81. The normalized spacial score (nSPS) is 28.1. The van der Waals surface area contributed by atoms with E-state index in [2.05, 4.69) is 44.3 Å². The molecule has 6 heteroatoms. The number of carbonyl (C=O) groups excluding carboxylic acids is 1. The Bertz CT molecular complexity index is 1290. The number of aryl methyl sites for hydroxylation is 1. The highest BCUT2D eigenvalue weighted by molar-refractivity contribution is 6.36. The molecule has 0 saturated heterocycles. The lowest BCUT2D eigenvalue weighted by atomic mass is 9.45. The van der Waals surface area contributed by atoms with Crippen LogP contribution in [0.3, 0.4) is 0 Å². The van der Waals surface area contributed by atoms with Gasteiger partial charge in [-0.3, -0.25) is 4.79 Å². The Morgan fingerprint density at radius 2 is 2.06 bits per heavy atom. The molecule has 4 atom stereocenters. The Labute approximate surface area is 224 Å². The lowest BCUT2D eigenvalue weighted by molar-refractivity contribution is -0.103. The molecule has 5 aliphatic rings. The van der Waals surface area contributed by atoms with Gasteiger partial charge in [0.15, 0.2) is 5.69 Å². The molecular formula is C30H35Cl2N3O. The van der Waals surface area contributed by atoms with Gasteiger partial charge in [-0.2, -0.15) is 5.10 Å². The number of allylic oxidation sites excluding steroid dienone is 4. The first-order chi connectivity index (χ1) is 17.2. The van der Waals surface area contributed by atoms with Crippen LogP contribution in [0.4, 0.5) is 0 Å². The quantitative estimate of drug-likeness (QED) is 0.450. The number of carbonyl (C=O) groups is 1. The minimum absolute atomic E-state index is 0.0698. The van der Waals surface area contributed by atoms with Crippen molar-refractivity contribution in [2.45, 2.75) is 65.7 Å². The summed E-state index contributed by atoms with van der Waals surface area (Å²) in [7, 11) is 0. The van der Waals surface area contributed by atoms with Crippen LogP contribution in [0.25, 0.3) is 17.0 Å². The van der Waals surface area contributed by atoms with Crippen molar-refractivity contribution in [3.8, 4) is 11.3 Å². The average molecular weight is 525 g/mol. The van der Waals surface area contributed by atoms with Crippen LogP contribution in [0.15, 0.2) is 35.4 Å². The lowest BCUT2D eigenvalue weighted by Gasteiger charge is -2.60. The van der Waals surface area contributed by atoms with Crippen LogP contribution >= 0.6 is 23.2 Å². The van der Waals surface area contributed by atoms with Crippen LogP contribution in [-0.4, -0.2) is 22.2 Å². The molecule has 0 aliphatic heterocycles. The average Bonchev–Trinajstić information content (AvgIpc) is 3.12. The maximum absolute atomic E-state index is 13.7. The third kappa shape index (κ3) is 3.96. The molecule has 2 aromatic rings. The number of amides is 1. The van der Waals surface area contributed by atoms with Crippen LogP contribution in [0.2, 0.25) is 5.02 Å². The summed E-state index contributed by atoms with van der Waals surface area (Å²) in [6.45, 7) is 7.69. The van der Waals surface area contributed by atoms with Gasteiger partial charge in [0, 0.05) is 22.7 Å². The van der Waals surface area contributed by atoms with E-state index in [0.29, 0.717) is 38.9 Å². The summed E-state index contributed by atoms with van der Waals surface area (Å²) >= 11 is 13.2. The Morgan fingerprint density at radius 1 is 1.22 bits per heavy atom. The first-order valence-electron chi connectivity index (χ1n) is 13.5. The molecule has 0 radical (unpaired) electrons. The summed E-state index contributed by atoms with van der Waals surface area (Å²) in [5, 5.41) is 9.61. The van der Waals surface area contributed by atoms with Crippen LogP contribution < -0.4 is 5.32 Å². The van der Waals surface area contributed by atoms with Gasteiger partial charge in [0.2, 0.25) is 0 Å². The standard InChI is InChI=1S/C30H35Cl2N3O/c1-17-7-12-26(25(32)13-17)35-28-22(6-4-5-18-9-11-21(31)15-23(18)28)27(34-35)29(36)33-16-19-8-10-20-14-24(19)30(20,2)3/h9,11-13,15,17,19-20,24H,4-8,10,14,16H2,1-3H3,(H,33,36). The van der Waals surface area contributed by atoms with Crippen LogP contribution in [0.5, 0.6) is 0 Å². The van der Waals surface area contributed by atoms with Crippen LogP contribution in [0, 0.1) is 29.1 Å². The molecule has 190 valence electrons. The molecule has 4 nitrogen and oxygen atoms in total. The van der Waals surface area contributed by atoms with Crippen molar-refractivity contribution in [1.29, 1.82) is 0 Å². The Morgan fingerprint density at radius 3 is 2.81 bits per heavy atom. The Kier molecular flexibility index (Phi) is 6.12. The summed E-state index contributed by atoms with van der Waals surface area (Å²) in [6, 6.07) is 6.07. The van der Waals surface area contributed by atoms with E-state index in [1.807, 2.05) is 16.8 Å². The van der Waals surface area contributed by atoms with Crippen molar-refractivity contribution in [2.24, 2.45) is 29.1 Å². The highest BCUT2D eigenvalue weighted by Crippen LogP contribution is 2.61. The topological polar surface area (TPSA) is 46.9 Å². The second kappa shape index (κ2) is 9.06. The molecule has 1 aromatic carbocycles. The van der Waals surface area contributed by atoms with Crippen molar-refractivity contribution in [3.63, 3.8) is 0 Å². The van der Waals surface area contributed by atoms with E-state index >= 15 is 0 Å². The predicted octanol–water partition coefficient (Wildman–Crippen LogP) is 7.50. The van der Waals surface area contributed by atoms with Crippen molar-refractivity contribution >= 4 is 34.8 Å². The molecule has 4 unspecified atom stereocenters. The minimum Gasteiger partial charge on any atom is -0.350 e. The monoisotopic (exact) mass is 523 g/mol. The van der Waals surface area contributed by atoms with Gasteiger partial charge in [0.25, 0.3) is 5.91 Å². The molecular weight excluding hydrogens is 489 g/mol. The van der Waals surface area contributed by atoms with E-state index in [1.54, 1.807) is 0 Å². The number of hydrogen-bond acceptors (Lipinski definition) is 2. The van der Waals surface area contributed by atoms with Crippen molar-refractivity contribution in [2.75, 3.05) is 6.54 Å². The molecule has 3 fully saturated rings. The summed E-state index contributed by atoms with van der Waals surface area (Å²) in [5.41, 5.74) is 6.05. The zero-order valence-electron chi connectivity index (χ0n) is 21.4. The number of benzene rings is 1. The zero-order valence-corrected chi connectivity index (χ0v) is 22.9. The fraction of sp³-hybridized carbons (Fsp3) is 0.533. The molecule has 1 amide bonds. The number of rotatable bonds is 4. The minimum atomic E-state index is -0.0698. The number of nitrogens with zero attached hydrogens (tertiary/aromatic N) is 2. The SMILES string of the molecule is CC1C=C(Cl)C(n2nc(C(=O)NCC3CCC4CC3C4(C)C)c3c2-c2cc(Cl)ccc2CCC3)=CC1. The van der Waals surface area contributed by atoms with Gasteiger partial charge in [-0.1, -0.05) is 62.2 Å². The highest BCUT2D eigenvalue weighted by Gasteiger charge is 2.54. The summed E-state index contributed by atoms with van der Waals surface area (Å²) in [4.78, 5) is 13.7. The molecule has 36 heavy (non-hydrogen) atoms. The van der Waals surface area contributed by atoms with Gasteiger partial charge in [0.05, 0.1) is 16.4 Å². The maximum Gasteiger partial charge on any atom is 0.272 e. The molecule has 5 aliphatic carbocycles. The van der Waals surface area contributed by atoms with E-state index in [4.69, 9.17) is 28.3 Å². The molecule has 3 saturated carbocycles. The number of halogens is 2. The smallest absolute Gasteiger partial charge is 0.272 e. The van der Waals surface area contributed by atoms with Gasteiger partial charge in [0.1, 0.15) is 0 Å². The van der Waals surface area contributed by atoms with E-state index in [-0.39, 0.29) is 5.91 Å². The van der Waals surface area contributed by atoms with Gasteiger partial charge in [-0.15, -0.1) is 0 Å². The third-order valence-electron chi connectivity index (χ3n) is 9.51. The second-order valence-corrected chi connectivity index (χ2v) is 12.8. The maximum atomic E-state index is 13.7. The molecule has 2 bridgehead atoms. The number of fused-ring (bicyclic) bond motifs is 5. The van der Waals surface area contributed by atoms with Gasteiger partial charge in [-0.05, 0) is 91.7 Å². The van der Waals surface area contributed by atoms with Gasteiger partial charge >= 0.3 is 0 Å². The molecule has 1 N–H and O–H groups in total. The van der Waals surface area contributed by atoms with Gasteiger partial charge in [-0.25, -0.2) is 4.68 Å². The van der Waals surface area contributed by atoms with E-state index < -0.39 is 0 Å². The summed E-state index contributed by atoms with van der Waals surface area (Å²) in [6.07, 6.45) is 11.6. The number of aromatic nitrogens is 2. The van der Waals surface area contributed by atoms with E-state index in [1.165, 1.54) is 24.8 Å².